The fraction of sp³-hybridized carbons (Fsp3) is 0. The summed E-state index contributed by atoms with van der Waals surface area (Å²) in [5.41, 5.74) is 7.38. The fourth-order valence-electron chi connectivity index (χ4n) is 6.79. The summed E-state index contributed by atoms with van der Waals surface area (Å²) in [7, 11) is 0. The smallest absolute Gasteiger partial charge is 0.101 e. The van der Waals surface area contributed by atoms with E-state index in [1.807, 2.05) is 24.3 Å². The van der Waals surface area contributed by atoms with E-state index in [1.54, 1.807) is 11.3 Å². The molecule has 0 radical (unpaired) electrons. The number of rotatable bonds is 2. The molecule has 0 aliphatic rings. The van der Waals surface area contributed by atoms with E-state index in [9.17, 15) is 10.5 Å². The van der Waals surface area contributed by atoms with E-state index in [1.165, 1.54) is 20.2 Å². The van der Waals surface area contributed by atoms with Gasteiger partial charge in [-0.05, 0) is 60.7 Å². The van der Waals surface area contributed by atoms with E-state index in [0.717, 1.165) is 55.0 Å². The number of nitriles is 2. The normalized spacial score (nSPS) is 11.7. The van der Waals surface area contributed by atoms with Gasteiger partial charge in [0.05, 0.1) is 33.2 Å². The van der Waals surface area contributed by atoms with Gasteiger partial charge in [-0.3, -0.25) is 0 Å². The van der Waals surface area contributed by atoms with Gasteiger partial charge in [-0.2, -0.15) is 10.5 Å². The summed E-state index contributed by atoms with van der Waals surface area (Å²) >= 11 is 1.78. The second-order valence-electron chi connectivity index (χ2n) is 10.8. The molecule has 0 bridgehead atoms. The molecule has 9 aromatic rings. The van der Waals surface area contributed by atoms with Gasteiger partial charge in [-0.1, -0.05) is 60.7 Å². The van der Waals surface area contributed by atoms with Crippen LogP contribution in [0.1, 0.15) is 11.1 Å². The first-order chi connectivity index (χ1) is 21.2. The summed E-state index contributed by atoms with van der Waals surface area (Å²) in [5, 5.41) is 26.8. The van der Waals surface area contributed by atoms with Crippen molar-refractivity contribution in [3.8, 4) is 23.5 Å². The van der Waals surface area contributed by atoms with Gasteiger partial charge in [-0.25, -0.2) is 0 Å². The maximum Gasteiger partial charge on any atom is 0.101 e. The van der Waals surface area contributed by atoms with Crippen LogP contribution in [0.15, 0.2) is 121 Å². The molecule has 6 aromatic carbocycles. The highest BCUT2D eigenvalue weighted by Gasteiger charge is 2.18. The largest absolute Gasteiger partial charge is 0.308 e. The van der Waals surface area contributed by atoms with Crippen LogP contribution in [-0.2, 0) is 0 Å². The van der Waals surface area contributed by atoms with E-state index >= 15 is 0 Å². The molecule has 0 atom stereocenters. The van der Waals surface area contributed by atoms with Gasteiger partial charge < -0.3 is 9.13 Å². The lowest BCUT2D eigenvalue weighted by atomic mass is 10.1. The van der Waals surface area contributed by atoms with Crippen molar-refractivity contribution in [2.75, 3.05) is 0 Å². The average molecular weight is 565 g/mol. The monoisotopic (exact) mass is 564 g/mol. The molecule has 198 valence electrons. The molecule has 0 fully saturated rings. The zero-order valence-electron chi connectivity index (χ0n) is 22.7. The Morgan fingerprint density at radius 1 is 0.442 bits per heavy atom. The highest BCUT2D eigenvalue weighted by molar-refractivity contribution is 7.25. The van der Waals surface area contributed by atoms with E-state index in [-0.39, 0.29) is 0 Å². The van der Waals surface area contributed by atoms with Crippen LogP contribution in [0.5, 0.6) is 0 Å². The number of hydrogen-bond acceptors (Lipinski definition) is 3. The standard InChI is InChI=1S/C38H20N4S/c39-21-23-7-5-11-29-27-9-1-3-13-33(27)41(37(23)29)25-15-17-35-31(19-25)32-20-26(16-18-36(32)43-35)42-34-14-4-2-10-28(34)30-12-6-8-24(22-40)38(30)42/h1-20H. The van der Waals surface area contributed by atoms with Gasteiger partial charge in [0.25, 0.3) is 0 Å². The van der Waals surface area contributed by atoms with Gasteiger partial charge in [0.15, 0.2) is 0 Å². The number of benzene rings is 6. The predicted octanol–water partition coefficient (Wildman–Crippen LogP) is 9.99. The van der Waals surface area contributed by atoms with E-state index in [2.05, 4.69) is 118 Å². The first kappa shape index (κ1) is 23.8. The molecule has 0 aliphatic heterocycles. The van der Waals surface area contributed by atoms with Crippen molar-refractivity contribution in [3.63, 3.8) is 0 Å². The van der Waals surface area contributed by atoms with Crippen LogP contribution in [0.2, 0.25) is 0 Å². The summed E-state index contributed by atoms with van der Waals surface area (Å²) in [4.78, 5) is 0. The van der Waals surface area contributed by atoms with Crippen molar-refractivity contribution < 1.29 is 0 Å². The summed E-state index contributed by atoms with van der Waals surface area (Å²) in [6.45, 7) is 0. The highest BCUT2D eigenvalue weighted by Crippen LogP contribution is 2.41. The lowest BCUT2D eigenvalue weighted by Gasteiger charge is -2.10. The van der Waals surface area contributed by atoms with Gasteiger partial charge in [0.1, 0.15) is 12.1 Å². The highest BCUT2D eigenvalue weighted by atomic mass is 32.1. The van der Waals surface area contributed by atoms with Crippen molar-refractivity contribution >= 4 is 75.1 Å². The lowest BCUT2D eigenvalue weighted by molar-refractivity contribution is 1.18. The Bertz CT molecular complexity index is 2520. The molecule has 9 rings (SSSR count). The second-order valence-corrected chi connectivity index (χ2v) is 11.9. The van der Waals surface area contributed by atoms with Gasteiger partial charge in [0, 0.05) is 53.1 Å². The van der Waals surface area contributed by atoms with Crippen LogP contribution in [0, 0.1) is 22.7 Å². The van der Waals surface area contributed by atoms with Crippen LogP contribution in [-0.4, -0.2) is 9.13 Å². The molecule has 0 saturated heterocycles. The van der Waals surface area contributed by atoms with Gasteiger partial charge in [0.2, 0.25) is 0 Å². The summed E-state index contributed by atoms with van der Waals surface area (Å²) in [6.07, 6.45) is 0. The lowest BCUT2D eigenvalue weighted by Crippen LogP contribution is -1.96. The maximum absolute atomic E-state index is 10.0. The van der Waals surface area contributed by atoms with Crippen LogP contribution < -0.4 is 0 Å². The van der Waals surface area contributed by atoms with Crippen molar-refractivity contribution in [3.05, 3.63) is 132 Å². The molecule has 3 aromatic heterocycles. The predicted molar refractivity (Wildman–Crippen MR) is 177 cm³/mol. The SMILES string of the molecule is N#Cc1cccc2c3ccccc3n(-c3ccc4sc5ccc(-n6c7ccccc7c7cccc(C#N)c76)cc5c4c3)c12. The maximum atomic E-state index is 10.0. The Kier molecular flexibility index (Phi) is 4.87. The van der Waals surface area contributed by atoms with Crippen LogP contribution in [0.25, 0.3) is 75.2 Å². The molecule has 43 heavy (non-hydrogen) atoms. The molecule has 0 aliphatic carbocycles. The van der Waals surface area contributed by atoms with Gasteiger partial charge >= 0.3 is 0 Å². The third-order valence-corrected chi connectivity index (χ3v) is 9.74. The molecule has 0 N–H and O–H groups in total. The minimum absolute atomic E-state index is 0.658. The van der Waals surface area contributed by atoms with Gasteiger partial charge in [-0.15, -0.1) is 11.3 Å². The van der Waals surface area contributed by atoms with E-state index in [4.69, 9.17) is 0 Å². The van der Waals surface area contributed by atoms with Crippen LogP contribution >= 0.6 is 11.3 Å². The molecule has 5 heteroatoms. The molecule has 0 unspecified atom stereocenters. The average Bonchev–Trinajstić information content (AvgIpc) is 3.71. The first-order valence-electron chi connectivity index (χ1n) is 14.1. The number of nitrogens with zero attached hydrogens (tertiary/aromatic N) is 4. The Balaban J connectivity index is 1.34. The first-order valence-corrected chi connectivity index (χ1v) is 14.9. The summed E-state index contributed by atoms with van der Waals surface area (Å²) in [5.74, 6) is 0. The second kappa shape index (κ2) is 8.81. The third kappa shape index (κ3) is 3.23. The Hall–Kier alpha value is -5.88. The molecular formula is C38H20N4S. The molecule has 3 heterocycles. The number of hydrogen-bond donors (Lipinski definition) is 0. The molecule has 0 saturated carbocycles. The number of aromatic nitrogens is 2. The Morgan fingerprint density at radius 2 is 0.884 bits per heavy atom. The molecular weight excluding hydrogens is 545 g/mol. The van der Waals surface area contributed by atoms with Crippen LogP contribution in [0.3, 0.4) is 0 Å². The van der Waals surface area contributed by atoms with Crippen molar-refractivity contribution in [2.24, 2.45) is 0 Å². The zero-order chi connectivity index (χ0) is 28.7. The van der Waals surface area contributed by atoms with E-state index in [0.29, 0.717) is 11.1 Å². The Morgan fingerprint density at radius 3 is 1.35 bits per heavy atom. The minimum Gasteiger partial charge on any atom is -0.308 e. The number of thiophene rings is 1. The van der Waals surface area contributed by atoms with Crippen molar-refractivity contribution in [1.29, 1.82) is 10.5 Å². The van der Waals surface area contributed by atoms with E-state index < -0.39 is 0 Å². The number of para-hydroxylation sites is 4. The molecule has 0 amide bonds. The Labute approximate surface area is 250 Å². The topological polar surface area (TPSA) is 57.4 Å². The fourth-order valence-corrected chi connectivity index (χ4v) is 7.85. The zero-order valence-corrected chi connectivity index (χ0v) is 23.6. The third-order valence-electron chi connectivity index (χ3n) is 8.58. The minimum atomic E-state index is 0.658. The number of fused-ring (bicyclic) bond motifs is 9. The molecule has 0 spiro atoms. The van der Waals surface area contributed by atoms with Crippen molar-refractivity contribution in [2.45, 2.75) is 0 Å². The summed E-state index contributed by atoms with van der Waals surface area (Å²) in [6, 6.07) is 46.7. The quantitative estimate of drug-likeness (QED) is 0.210. The summed E-state index contributed by atoms with van der Waals surface area (Å²) < 4.78 is 6.86. The molecule has 4 nitrogen and oxygen atoms in total. The van der Waals surface area contributed by atoms with Crippen molar-refractivity contribution in [1.82, 2.24) is 9.13 Å². The van der Waals surface area contributed by atoms with Crippen LogP contribution in [0.4, 0.5) is 0 Å².